The predicted octanol–water partition coefficient (Wildman–Crippen LogP) is 6.42. The Morgan fingerprint density at radius 2 is 0.879 bits per heavy atom. The molecule has 9 heteroatoms. The molecule has 2 atom stereocenters. The number of carboxylic acids is 2. The SMILES string of the molecule is CCCCC(CC)C(=O)[O-].CCCCC(CC)C(=O)[O-].C[CH2][Al]([Cl])[CH2]C.C[CH2][Al]([Cl])[CH2]C.[Co+2]. The van der Waals surface area contributed by atoms with Crippen LogP contribution in [-0.4, -0.2) is 38.4 Å². The Balaban J connectivity index is -0.000000108. The number of hydrogen-bond donors (Lipinski definition) is 0. The van der Waals surface area contributed by atoms with Crippen molar-refractivity contribution in [1.29, 1.82) is 0 Å². The number of aliphatic carboxylic acids is 2. The Morgan fingerprint density at radius 1 is 0.636 bits per heavy atom. The Labute approximate surface area is 233 Å². The van der Waals surface area contributed by atoms with Crippen LogP contribution >= 0.6 is 20.1 Å². The molecule has 0 saturated carbocycles. The zero-order valence-electron chi connectivity index (χ0n) is 22.5. The van der Waals surface area contributed by atoms with Crippen molar-refractivity contribution in [2.45, 2.75) is 128 Å². The number of hydrogen-bond acceptors (Lipinski definition) is 4. The van der Waals surface area contributed by atoms with Gasteiger partial charge in [-0.25, -0.2) is 0 Å². The van der Waals surface area contributed by atoms with E-state index in [2.05, 4.69) is 41.5 Å². The molecule has 0 aromatic carbocycles. The monoisotopic (exact) mass is 585 g/mol. The molecule has 0 saturated heterocycles. The van der Waals surface area contributed by atoms with Crippen LogP contribution in [0.15, 0.2) is 0 Å². The molecule has 0 aliphatic carbocycles. The van der Waals surface area contributed by atoms with E-state index in [4.69, 9.17) is 20.1 Å². The molecule has 0 aromatic rings. The minimum absolute atomic E-state index is 0. The van der Waals surface area contributed by atoms with Crippen molar-refractivity contribution in [2.24, 2.45) is 11.8 Å². The molecule has 0 aliphatic rings. The van der Waals surface area contributed by atoms with Crippen LogP contribution in [0.2, 0.25) is 21.1 Å². The van der Waals surface area contributed by atoms with Gasteiger partial charge >= 0.3 is 43.2 Å². The number of halogens is 2. The van der Waals surface area contributed by atoms with Gasteiger partial charge in [0.15, 0.2) is 0 Å². The van der Waals surface area contributed by atoms with Gasteiger partial charge in [0.1, 0.15) is 0 Å². The van der Waals surface area contributed by atoms with Gasteiger partial charge in [-0.1, -0.05) is 102 Å². The van der Waals surface area contributed by atoms with Crippen molar-refractivity contribution in [3.8, 4) is 0 Å². The summed E-state index contributed by atoms with van der Waals surface area (Å²) >= 11 is -1.38. The number of rotatable bonds is 14. The Kier molecular flexibility index (Phi) is 47.1. The van der Waals surface area contributed by atoms with E-state index in [0.717, 1.165) is 38.5 Å². The Morgan fingerprint density at radius 3 is 0.970 bits per heavy atom. The van der Waals surface area contributed by atoms with Gasteiger partial charge in [0.25, 0.3) is 0 Å². The standard InChI is InChI=1S/2C8H16O2.4C2H5.2Al.2ClH.Co/c2*1-3-5-6-7(4-2)8(9)10;4*1-2;;;;;/h2*7H,3-6H2,1-2H3,(H,9,10);4*1H2,2H3;;;2*1H;/q;;;;;;2*+1;;;+2/p-4. The van der Waals surface area contributed by atoms with Gasteiger partial charge in [0.2, 0.25) is 0 Å². The first kappa shape index (κ1) is 44.1. The van der Waals surface area contributed by atoms with Crippen LogP contribution in [0.25, 0.3) is 0 Å². The van der Waals surface area contributed by atoms with Crippen LogP contribution < -0.4 is 10.2 Å². The molecule has 0 spiro atoms. The van der Waals surface area contributed by atoms with E-state index in [0.29, 0.717) is 12.8 Å². The van der Waals surface area contributed by atoms with Gasteiger partial charge in [0, 0.05) is 11.9 Å². The smallest absolute Gasteiger partial charge is 0.550 e. The maximum Gasteiger partial charge on any atom is 2.00 e. The summed E-state index contributed by atoms with van der Waals surface area (Å²) in [6, 6.07) is 0. The minimum Gasteiger partial charge on any atom is -0.550 e. The van der Waals surface area contributed by atoms with Gasteiger partial charge in [-0.05, 0) is 37.5 Å². The molecule has 0 amide bonds. The van der Waals surface area contributed by atoms with Gasteiger partial charge in [0.05, 0.1) is 0 Å². The average Bonchev–Trinajstić information content (AvgIpc) is 2.79. The number of carbonyl (C=O) groups excluding carboxylic acids is 2. The molecule has 2 unspecified atom stereocenters. The number of carbonyl (C=O) groups is 2. The molecule has 0 fully saturated rings. The zero-order chi connectivity index (χ0) is 25.9. The van der Waals surface area contributed by atoms with E-state index in [-0.39, 0.29) is 28.6 Å². The quantitative estimate of drug-likeness (QED) is 0.220. The molecule has 199 valence electrons. The van der Waals surface area contributed by atoms with Gasteiger partial charge in [-0.2, -0.15) is 0 Å². The first-order chi connectivity index (χ1) is 15.1. The van der Waals surface area contributed by atoms with E-state index in [9.17, 15) is 19.8 Å². The predicted molar refractivity (Wildman–Crippen MR) is 142 cm³/mol. The summed E-state index contributed by atoms with van der Waals surface area (Å²) in [7, 11) is 11.6. The van der Waals surface area contributed by atoms with E-state index in [1.54, 1.807) is 0 Å². The fraction of sp³-hybridized carbons (Fsp3) is 0.917. The van der Waals surface area contributed by atoms with Gasteiger partial charge in [-0.3, -0.25) is 20.1 Å². The average molecular weight is 586 g/mol. The number of unbranched alkanes of at least 4 members (excludes halogenated alkanes) is 2. The first-order valence-corrected chi connectivity index (χ1v) is 19.5. The summed E-state index contributed by atoms with van der Waals surface area (Å²) in [5.74, 6) is -2.23. The maximum absolute atomic E-state index is 10.3. The number of carboxylic acid groups (broad SMARTS) is 2. The molecule has 0 N–H and O–H groups in total. The van der Waals surface area contributed by atoms with Crippen molar-refractivity contribution >= 4 is 58.5 Å². The van der Waals surface area contributed by atoms with E-state index < -0.39 is 38.4 Å². The third-order valence-corrected chi connectivity index (χ3v) is 12.5. The van der Waals surface area contributed by atoms with Gasteiger partial charge < -0.3 is 19.8 Å². The maximum atomic E-state index is 10.3. The van der Waals surface area contributed by atoms with Gasteiger partial charge in [-0.15, -0.1) is 0 Å². The molecule has 33 heavy (non-hydrogen) atoms. The normalized spacial score (nSPS) is 11.0. The molecule has 0 aromatic heterocycles. The second-order valence-electron chi connectivity index (χ2n) is 7.96. The second-order valence-corrected chi connectivity index (χ2v) is 17.3. The summed E-state index contributed by atoms with van der Waals surface area (Å²) in [6.07, 6.45) is 7.04. The molecule has 0 aliphatic heterocycles. The van der Waals surface area contributed by atoms with Crippen molar-refractivity contribution < 1.29 is 36.6 Å². The Hall–Kier alpha value is 1.09. The van der Waals surface area contributed by atoms with E-state index in [1.165, 1.54) is 21.1 Å². The molecule has 0 rings (SSSR count). The topological polar surface area (TPSA) is 80.3 Å². The van der Waals surface area contributed by atoms with Crippen LogP contribution in [0, 0.1) is 11.8 Å². The van der Waals surface area contributed by atoms with Crippen molar-refractivity contribution in [3.63, 3.8) is 0 Å². The van der Waals surface area contributed by atoms with Crippen LogP contribution in [0.4, 0.5) is 0 Å². The van der Waals surface area contributed by atoms with Crippen molar-refractivity contribution in [3.05, 3.63) is 0 Å². The van der Waals surface area contributed by atoms with Crippen LogP contribution in [0.3, 0.4) is 0 Å². The third-order valence-electron chi connectivity index (χ3n) is 5.24. The second kappa shape index (κ2) is 35.3. The van der Waals surface area contributed by atoms with Crippen LogP contribution in [0.5, 0.6) is 0 Å². The summed E-state index contributed by atoms with van der Waals surface area (Å²) in [5.41, 5.74) is 0. The van der Waals surface area contributed by atoms with Crippen LogP contribution in [0.1, 0.15) is 107 Å². The molecule has 0 heterocycles. The summed E-state index contributed by atoms with van der Waals surface area (Å²) < 4.78 is 0. The largest absolute Gasteiger partial charge is 2.00 e. The zero-order valence-corrected chi connectivity index (χ0v) is 27.4. The van der Waals surface area contributed by atoms with Crippen molar-refractivity contribution in [2.75, 3.05) is 0 Å². The summed E-state index contributed by atoms with van der Waals surface area (Å²) in [6.45, 7) is 16.5. The van der Waals surface area contributed by atoms with E-state index >= 15 is 0 Å². The molecule has 1 radical (unpaired) electrons. The molecular formula is C24H50Al2Cl2CoO4. The summed E-state index contributed by atoms with van der Waals surface area (Å²) in [4.78, 5) is 20.7. The minimum atomic E-state index is -0.893. The molecule has 0 bridgehead atoms. The fourth-order valence-corrected chi connectivity index (χ4v) is 3.61. The Bertz CT molecular complexity index is 365. The third kappa shape index (κ3) is 37.8. The fourth-order valence-electron chi connectivity index (χ4n) is 2.46. The first-order valence-electron chi connectivity index (χ1n) is 12.8. The molecular weight excluding hydrogens is 536 g/mol. The van der Waals surface area contributed by atoms with Crippen LogP contribution in [-0.2, 0) is 26.4 Å². The van der Waals surface area contributed by atoms with E-state index in [1.807, 2.05) is 13.8 Å². The summed E-state index contributed by atoms with van der Waals surface area (Å²) in [5, 5.41) is 25.6. The van der Waals surface area contributed by atoms with Crippen molar-refractivity contribution in [1.82, 2.24) is 0 Å². The molecule has 4 nitrogen and oxygen atoms in total.